The van der Waals surface area contributed by atoms with Gasteiger partial charge in [0.05, 0.1) is 26.0 Å². The van der Waals surface area contributed by atoms with E-state index in [-0.39, 0.29) is 29.9 Å². The summed E-state index contributed by atoms with van der Waals surface area (Å²) < 4.78 is 10.5. The second-order valence-corrected chi connectivity index (χ2v) is 9.02. The second-order valence-electron chi connectivity index (χ2n) is 8.61. The first-order valence-electron chi connectivity index (χ1n) is 11.5. The fourth-order valence-corrected chi connectivity index (χ4v) is 4.73. The van der Waals surface area contributed by atoms with E-state index < -0.39 is 0 Å². The van der Waals surface area contributed by atoms with Crippen LogP contribution in [0.1, 0.15) is 30.6 Å². The number of furan rings is 1. The highest BCUT2D eigenvalue weighted by molar-refractivity contribution is 7.80. The lowest BCUT2D eigenvalue weighted by atomic mass is 10.0. The van der Waals surface area contributed by atoms with E-state index >= 15 is 0 Å². The summed E-state index contributed by atoms with van der Waals surface area (Å²) in [7, 11) is 1.63. The molecule has 1 aromatic heterocycles. The van der Waals surface area contributed by atoms with Gasteiger partial charge in [0.1, 0.15) is 11.5 Å². The van der Waals surface area contributed by atoms with Crippen LogP contribution in [0.4, 0.5) is 0 Å². The highest BCUT2D eigenvalue weighted by Gasteiger charge is 2.43. The van der Waals surface area contributed by atoms with Gasteiger partial charge in [0.25, 0.3) is 0 Å². The topological polar surface area (TPSA) is 108 Å². The summed E-state index contributed by atoms with van der Waals surface area (Å²) in [6, 6.07) is 11.3. The van der Waals surface area contributed by atoms with Crippen molar-refractivity contribution in [2.45, 2.75) is 50.5 Å². The number of thiocarbonyl (C=S) groups is 1. The Hall–Kier alpha value is -3.11. The molecule has 0 saturated carbocycles. The molecule has 4 rings (SSSR count). The van der Waals surface area contributed by atoms with Gasteiger partial charge in [-0.3, -0.25) is 14.5 Å². The minimum absolute atomic E-state index is 0.00134. The number of piperazine rings is 1. The third-order valence-electron chi connectivity index (χ3n) is 6.31. The summed E-state index contributed by atoms with van der Waals surface area (Å²) in [5.41, 5.74) is 1.02. The monoisotopic (exact) mass is 485 g/mol. The number of fused-ring (bicyclic) bond motifs is 1. The van der Waals surface area contributed by atoms with Gasteiger partial charge in [-0.05, 0) is 54.9 Å². The van der Waals surface area contributed by atoms with Crippen molar-refractivity contribution in [3.63, 3.8) is 0 Å². The lowest BCUT2D eigenvalue weighted by Crippen LogP contribution is -2.58. The third-order valence-corrected chi connectivity index (χ3v) is 6.58. The maximum Gasteiger partial charge on any atom is 0.237 e. The predicted octanol–water partition coefficient (Wildman–Crippen LogP) is 1.29. The number of benzene rings is 1. The fraction of sp³-hybridized carbons (Fsp3) is 0.458. The number of methoxy groups -OCH3 is 1. The van der Waals surface area contributed by atoms with Crippen molar-refractivity contribution >= 4 is 29.1 Å². The molecule has 3 atom stereocenters. The fourth-order valence-electron chi connectivity index (χ4n) is 4.50. The molecule has 2 aromatic rings. The summed E-state index contributed by atoms with van der Waals surface area (Å²) >= 11 is 5.41. The van der Waals surface area contributed by atoms with Crippen LogP contribution >= 0.6 is 12.2 Å². The molecule has 9 nitrogen and oxygen atoms in total. The molecule has 2 aliphatic heterocycles. The van der Waals surface area contributed by atoms with Gasteiger partial charge >= 0.3 is 0 Å². The molecule has 0 spiro atoms. The van der Waals surface area contributed by atoms with E-state index in [1.54, 1.807) is 13.4 Å². The minimum Gasteiger partial charge on any atom is -0.497 e. The van der Waals surface area contributed by atoms with Gasteiger partial charge in [-0.2, -0.15) is 0 Å². The molecule has 2 fully saturated rings. The van der Waals surface area contributed by atoms with E-state index in [0.717, 1.165) is 17.1 Å². The molecular formula is C24H31N5O4S. The first-order chi connectivity index (χ1) is 16.5. The molecule has 2 aliphatic rings. The number of carbonyl (C=O) groups is 2. The van der Waals surface area contributed by atoms with E-state index in [9.17, 15) is 9.59 Å². The molecule has 1 aromatic carbocycles. The van der Waals surface area contributed by atoms with Crippen molar-refractivity contribution in [2.75, 3.05) is 20.2 Å². The molecule has 10 heteroatoms. The molecule has 3 unspecified atom stereocenters. The second kappa shape index (κ2) is 11.3. The molecule has 0 aliphatic carbocycles. The van der Waals surface area contributed by atoms with Crippen LogP contribution in [0, 0.1) is 0 Å². The Labute approximate surface area is 204 Å². The minimum atomic E-state index is -0.202. The van der Waals surface area contributed by atoms with Gasteiger partial charge < -0.3 is 30.4 Å². The number of ether oxygens (including phenoxy) is 1. The van der Waals surface area contributed by atoms with Crippen LogP contribution in [-0.2, 0) is 22.7 Å². The number of hydrogen-bond acceptors (Lipinski definition) is 6. The first kappa shape index (κ1) is 24.0. The molecule has 0 radical (unpaired) electrons. The summed E-state index contributed by atoms with van der Waals surface area (Å²) in [5, 5.41) is 13.0. The van der Waals surface area contributed by atoms with E-state index in [1.165, 1.54) is 0 Å². The number of hydrogen-bond donors (Lipinski definition) is 4. The van der Waals surface area contributed by atoms with Crippen molar-refractivity contribution in [3.05, 3.63) is 54.0 Å². The molecular weight excluding hydrogens is 454 g/mol. The predicted molar refractivity (Wildman–Crippen MR) is 131 cm³/mol. The van der Waals surface area contributed by atoms with Crippen molar-refractivity contribution in [2.24, 2.45) is 0 Å². The van der Waals surface area contributed by atoms with Crippen molar-refractivity contribution < 1.29 is 18.7 Å². The lowest BCUT2D eigenvalue weighted by Gasteiger charge is -2.37. The quantitative estimate of drug-likeness (QED) is 0.394. The van der Waals surface area contributed by atoms with E-state index in [4.69, 9.17) is 21.4 Å². The zero-order chi connectivity index (χ0) is 23.9. The highest BCUT2D eigenvalue weighted by atomic mass is 32.1. The normalized spacial score (nSPS) is 21.9. The van der Waals surface area contributed by atoms with Crippen LogP contribution in [0.25, 0.3) is 0 Å². The van der Waals surface area contributed by atoms with E-state index in [1.807, 2.05) is 36.4 Å². The van der Waals surface area contributed by atoms with Gasteiger partial charge in [0, 0.05) is 38.1 Å². The van der Waals surface area contributed by atoms with Gasteiger partial charge in [0.2, 0.25) is 11.8 Å². The largest absolute Gasteiger partial charge is 0.497 e. The maximum atomic E-state index is 12.4. The zero-order valence-corrected chi connectivity index (χ0v) is 20.0. The van der Waals surface area contributed by atoms with E-state index in [2.05, 4.69) is 26.2 Å². The number of nitrogens with one attached hydrogen (secondary N) is 4. The lowest BCUT2D eigenvalue weighted by molar-refractivity contribution is -0.129. The average molecular weight is 486 g/mol. The zero-order valence-electron chi connectivity index (χ0n) is 19.2. The number of rotatable bonds is 9. The summed E-state index contributed by atoms with van der Waals surface area (Å²) in [5.74, 6) is 1.63. The number of amides is 2. The summed E-state index contributed by atoms with van der Waals surface area (Å²) in [6.07, 6.45) is 3.38. The summed E-state index contributed by atoms with van der Waals surface area (Å²) in [6.45, 7) is 2.24. The standard InChI is InChI=1S/C24H31N5O4S/c1-32-19-7-4-16(5-8-19)12-25-22(30)9-6-18-13-26-23(31)21-11-17(15-29(18)21)28-24(34)27-14-20-3-2-10-33-20/h2-5,7-8,10,17-18,21H,6,9,11-15H2,1H3,(H,25,30)(H,26,31)(H2,27,28,34). The van der Waals surface area contributed by atoms with Crippen LogP contribution in [-0.4, -0.2) is 60.2 Å². The Balaban J connectivity index is 1.22. The van der Waals surface area contributed by atoms with Crippen LogP contribution in [0.2, 0.25) is 0 Å². The Kier molecular flexibility index (Phi) is 8.02. The van der Waals surface area contributed by atoms with Crippen LogP contribution < -0.4 is 26.0 Å². The number of carbonyl (C=O) groups excluding carboxylic acids is 2. The Morgan fingerprint density at radius 1 is 1.24 bits per heavy atom. The van der Waals surface area contributed by atoms with Crippen molar-refractivity contribution in [1.29, 1.82) is 0 Å². The highest BCUT2D eigenvalue weighted by Crippen LogP contribution is 2.26. The van der Waals surface area contributed by atoms with Crippen molar-refractivity contribution in [3.8, 4) is 5.75 Å². The molecule has 4 N–H and O–H groups in total. The Morgan fingerprint density at radius 2 is 2.06 bits per heavy atom. The van der Waals surface area contributed by atoms with Gasteiger partial charge in [0.15, 0.2) is 5.11 Å². The smallest absolute Gasteiger partial charge is 0.237 e. The number of nitrogens with zero attached hydrogens (tertiary/aromatic N) is 1. The maximum absolute atomic E-state index is 12.4. The van der Waals surface area contributed by atoms with Crippen LogP contribution in [0.15, 0.2) is 47.1 Å². The van der Waals surface area contributed by atoms with Crippen molar-refractivity contribution in [1.82, 2.24) is 26.2 Å². The Bertz CT molecular complexity index is 982. The third kappa shape index (κ3) is 6.27. The Morgan fingerprint density at radius 3 is 2.79 bits per heavy atom. The molecule has 182 valence electrons. The van der Waals surface area contributed by atoms with Gasteiger partial charge in [-0.1, -0.05) is 12.1 Å². The molecule has 3 heterocycles. The molecule has 0 bridgehead atoms. The molecule has 2 amide bonds. The van der Waals surface area contributed by atoms with Gasteiger partial charge in [-0.15, -0.1) is 0 Å². The van der Waals surface area contributed by atoms with Crippen LogP contribution in [0.5, 0.6) is 5.75 Å². The molecule has 2 saturated heterocycles. The average Bonchev–Trinajstić information content (AvgIpc) is 3.52. The van der Waals surface area contributed by atoms with Crippen LogP contribution in [0.3, 0.4) is 0 Å². The first-order valence-corrected chi connectivity index (χ1v) is 11.9. The van der Waals surface area contributed by atoms with Gasteiger partial charge in [-0.25, -0.2) is 0 Å². The SMILES string of the molecule is COc1ccc(CNC(=O)CCC2CNC(=O)C3CC(NC(=S)NCc4ccco4)CN23)cc1. The van der Waals surface area contributed by atoms with E-state index in [0.29, 0.717) is 50.6 Å². The molecule has 34 heavy (non-hydrogen) atoms. The summed E-state index contributed by atoms with van der Waals surface area (Å²) in [4.78, 5) is 27.1.